The summed E-state index contributed by atoms with van der Waals surface area (Å²) >= 11 is 0. The average Bonchev–Trinajstić information content (AvgIpc) is 3.67. The Morgan fingerprint density at radius 1 is 0.291 bits per heavy atom. The van der Waals surface area contributed by atoms with Gasteiger partial charge in [-0.05, 0) is 51.1 Å². The fourth-order valence-corrected chi connectivity index (χ4v) is 7.41. The van der Waals surface area contributed by atoms with E-state index in [2.05, 4.69) is 176 Å². The molecule has 2 heterocycles. The molecule has 2 aromatic heterocycles. The van der Waals surface area contributed by atoms with Crippen LogP contribution in [0.15, 0.2) is 205 Å². The van der Waals surface area contributed by atoms with Gasteiger partial charge in [-0.15, -0.1) is 0 Å². The minimum Gasteiger partial charge on any atom is -0.455 e. The Hall–Kier alpha value is -7.43. The molecule has 55 heavy (non-hydrogen) atoms. The third-order valence-corrected chi connectivity index (χ3v) is 10.2. The molecule has 10 aromatic rings. The quantitative estimate of drug-likeness (QED) is 0.166. The van der Waals surface area contributed by atoms with Crippen molar-refractivity contribution < 1.29 is 4.42 Å². The zero-order valence-electron chi connectivity index (χ0n) is 29.8. The van der Waals surface area contributed by atoms with Crippen molar-refractivity contribution in [1.29, 1.82) is 0 Å². The zero-order valence-corrected chi connectivity index (χ0v) is 29.8. The molecule has 0 spiro atoms. The highest BCUT2D eigenvalue weighted by Gasteiger charge is 2.18. The Morgan fingerprint density at radius 3 is 1.29 bits per heavy atom. The van der Waals surface area contributed by atoms with Gasteiger partial charge in [0.15, 0.2) is 17.5 Å². The first kappa shape index (κ1) is 32.2. The van der Waals surface area contributed by atoms with Gasteiger partial charge in [0.05, 0.1) is 0 Å². The number of nitrogens with zero attached hydrogens (tertiary/aromatic N) is 3. The maximum atomic E-state index is 6.58. The van der Waals surface area contributed by atoms with Crippen LogP contribution >= 0.6 is 0 Å². The molecule has 0 bridgehead atoms. The summed E-state index contributed by atoms with van der Waals surface area (Å²) in [6.07, 6.45) is 0. The van der Waals surface area contributed by atoms with Crippen LogP contribution in [0.3, 0.4) is 0 Å². The topological polar surface area (TPSA) is 51.8 Å². The lowest BCUT2D eigenvalue weighted by Crippen LogP contribution is -2.00. The largest absolute Gasteiger partial charge is 0.455 e. The van der Waals surface area contributed by atoms with Crippen LogP contribution in [-0.2, 0) is 0 Å². The van der Waals surface area contributed by atoms with Crippen molar-refractivity contribution in [2.75, 3.05) is 0 Å². The number of rotatable bonds is 7. The van der Waals surface area contributed by atoms with Gasteiger partial charge < -0.3 is 4.42 Å². The third kappa shape index (κ3) is 6.16. The summed E-state index contributed by atoms with van der Waals surface area (Å²) in [6.45, 7) is 0. The number of para-hydroxylation sites is 1. The number of hydrogen-bond acceptors (Lipinski definition) is 4. The molecular weight excluding hydrogens is 671 g/mol. The maximum absolute atomic E-state index is 6.58. The van der Waals surface area contributed by atoms with E-state index < -0.39 is 0 Å². The Morgan fingerprint density at radius 2 is 0.709 bits per heavy atom. The minimum atomic E-state index is 0.608. The van der Waals surface area contributed by atoms with Crippen LogP contribution in [0.1, 0.15) is 0 Å². The average molecular weight is 704 g/mol. The van der Waals surface area contributed by atoms with Gasteiger partial charge in [0, 0.05) is 33.0 Å². The summed E-state index contributed by atoms with van der Waals surface area (Å²) in [7, 11) is 0. The van der Waals surface area contributed by atoms with Crippen molar-refractivity contribution in [2.45, 2.75) is 0 Å². The molecule has 0 aliphatic heterocycles. The van der Waals surface area contributed by atoms with Gasteiger partial charge in [0.2, 0.25) is 0 Å². The lowest BCUT2D eigenvalue weighted by atomic mass is 9.96. The molecule has 0 aliphatic rings. The molecule has 0 unspecified atom stereocenters. The Balaban J connectivity index is 1.09. The van der Waals surface area contributed by atoms with Crippen LogP contribution < -0.4 is 0 Å². The van der Waals surface area contributed by atoms with E-state index in [0.717, 1.165) is 83.1 Å². The van der Waals surface area contributed by atoms with Crippen LogP contribution in [0.25, 0.3) is 101 Å². The molecule has 0 saturated heterocycles. The van der Waals surface area contributed by atoms with Gasteiger partial charge in [0.1, 0.15) is 11.2 Å². The zero-order chi connectivity index (χ0) is 36.6. The molecule has 0 fully saturated rings. The van der Waals surface area contributed by atoms with Gasteiger partial charge in [-0.3, -0.25) is 0 Å². The van der Waals surface area contributed by atoms with Crippen molar-refractivity contribution in [1.82, 2.24) is 15.0 Å². The highest BCUT2D eigenvalue weighted by atomic mass is 16.3. The van der Waals surface area contributed by atoms with Crippen LogP contribution in [0, 0.1) is 0 Å². The minimum absolute atomic E-state index is 0.608. The highest BCUT2D eigenvalue weighted by Crippen LogP contribution is 2.41. The molecule has 0 aliphatic carbocycles. The predicted octanol–water partition coefficient (Wildman–Crippen LogP) is 13.4. The van der Waals surface area contributed by atoms with Gasteiger partial charge in [-0.2, -0.15) is 0 Å². The van der Waals surface area contributed by atoms with E-state index in [0.29, 0.717) is 17.5 Å². The summed E-state index contributed by atoms with van der Waals surface area (Å²) < 4.78 is 6.58. The van der Waals surface area contributed by atoms with E-state index in [-0.39, 0.29) is 0 Å². The van der Waals surface area contributed by atoms with Gasteiger partial charge in [0.25, 0.3) is 0 Å². The van der Waals surface area contributed by atoms with E-state index >= 15 is 0 Å². The Kier molecular flexibility index (Phi) is 8.12. The molecule has 8 aromatic carbocycles. The second-order valence-electron chi connectivity index (χ2n) is 13.6. The van der Waals surface area contributed by atoms with E-state index in [1.807, 2.05) is 24.3 Å². The summed E-state index contributed by atoms with van der Waals surface area (Å²) in [4.78, 5) is 15.3. The number of furan rings is 1. The van der Waals surface area contributed by atoms with Crippen molar-refractivity contribution in [3.8, 4) is 78.7 Å². The summed E-state index contributed by atoms with van der Waals surface area (Å²) in [5.74, 6) is 1.85. The van der Waals surface area contributed by atoms with Crippen molar-refractivity contribution in [3.63, 3.8) is 0 Å². The van der Waals surface area contributed by atoms with E-state index in [1.54, 1.807) is 0 Å². The third-order valence-electron chi connectivity index (χ3n) is 10.2. The Labute approximate surface area is 319 Å². The standard InChI is InChI=1S/C51H33N3O/c1-4-13-34(14-5-1)36-25-29-39(30-26-36)49-52-50(40-31-27-37(28-32-40)35-15-6-2-7-16-35)54-51(53-49)42-20-10-19-41(33-42)43-21-12-24-46-47(43)45-23-11-22-44(48(45)55-46)38-17-8-3-9-18-38/h1-33H. The van der Waals surface area contributed by atoms with Crippen LogP contribution in [-0.4, -0.2) is 15.0 Å². The number of aromatic nitrogens is 3. The first-order chi connectivity index (χ1) is 27.2. The smallest absolute Gasteiger partial charge is 0.164 e. The fraction of sp³-hybridized carbons (Fsp3) is 0. The van der Waals surface area contributed by atoms with Crippen molar-refractivity contribution in [3.05, 3.63) is 200 Å². The molecular formula is C51H33N3O. The van der Waals surface area contributed by atoms with E-state index in [1.165, 1.54) is 0 Å². The van der Waals surface area contributed by atoms with E-state index in [9.17, 15) is 0 Å². The van der Waals surface area contributed by atoms with Crippen LogP contribution in [0.4, 0.5) is 0 Å². The monoisotopic (exact) mass is 703 g/mol. The normalized spacial score (nSPS) is 11.3. The van der Waals surface area contributed by atoms with Gasteiger partial charge in [-0.25, -0.2) is 15.0 Å². The maximum Gasteiger partial charge on any atom is 0.164 e. The summed E-state index contributed by atoms with van der Waals surface area (Å²) in [5.41, 5.74) is 13.4. The molecule has 0 atom stereocenters. The molecule has 0 N–H and O–H groups in total. The van der Waals surface area contributed by atoms with Crippen molar-refractivity contribution in [2.24, 2.45) is 0 Å². The molecule has 4 nitrogen and oxygen atoms in total. The summed E-state index contributed by atoms with van der Waals surface area (Å²) in [6, 6.07) is 69.2. The molecule has 0 radical (unpaired) electrons. The lowest BCUT2D eigenvalue weighted by molar-refractivity contribution is 0.670. The van der Waals surface area contributed by atoms with Gasteiger partial charge in [-0.1, -0.05) is 188 Å². The van der Waals surface area contributed by atoms with Crippen molar-refractivity contribution >= 4 is 21.9 Å². The number of hydrogen-bond donors (Lipinski definition) is 0. The first-order valence-electron chi connectivity index (χ1n) is 18.4. The fourth-order valence-electron chi connectivity index (χ4n) is 7.41. The van der Waals surface area contributed by atoms with Crippen LogP contribution in [0.5, 0.6) is 0 Å². The first-order valence-corrected chi connectivity index (χ1v) is 18.4. The SMILES string of the molecule is c1ccc(-c2ccc(-c3nc(-c4ccc(-c5ccccc5)cc4)nc(-c4cccc(-c5cccc6oc7c(-c8ccccc8)cccc7c56)c4)n3)cc2)cc1. The Bertz CT molecular complexity index is 2840. The highest BCUT2D eigenvalue weighted by molar-refractivity contribution is 6.15. The second-order valence-corrected chi connectivity index (χ2v) is 13.6. The predicted molar refractivity (Wildman–Crippen MR) is 225 cm³/mol. The van der Waals surface area contributed by atoms with Gasteiger partial charge >= 0.3 is 0 Å². The molecule has 10 rings (SSSR count). The molecule has 0 saturated carbocycles. The molecule has 258 valence electrons. The lowest BCUT2D eigenvalue weighted by Gasteiger charge is -2.11. The summed E-state index contributed by atoms with van der Waals surface area (Å²) in [5, 5.41) is 2.17. The molecule has 4 heteroatoms. The van der Waals surface area contributed by atoms with E-state index in [4.69, 9.17) is 19.4 Å². The number of fused-ring (bicyclic) bond motifs is 3. The molecule has 0 amide bonds. The van der Waals surface area contributed by atoms with Crippen LogP contribution in [0.2, 0.25) is 0 Å². The number of benzene rings is 8. The second kappa shape index (κ2) is 13.8.